The van der Waals surface area contributed by atoms with Crippen LogP contribution in [0.3, 0.4) is 0 Å². The lowest BCUT2D eigenvalue weighted by Crippen LogP contribution is -2.42. The number of hydrogen-bond donors (Lipinski definition) is 1. The molecule has 2 fully saturated rings. The number of hydrogen-bond acceptors (Lipinski definition) is 3. The Hall–Kier alpha value is -0.870. The number of nitrogens with one attached hydrogen (secondary N) is 1. The summed E-state index contributed by atoms with van der Waals surface area (Å²) in [6.45, 7) is 7.89. The molecule has 3 rings (SSSR count). The Bertz CT molecular complexity index is 389. The number of aromatic nitrogens is 2. The molecule has 2 heterocycles. The van der Waals surface area contributed by atoms with Crippen LogP contribution in [0.2, 0.25) is 0 Å². The first-order chi connectivity index (χ1) is 9.35. The second-order valence-corrected chi connectivity index (χ2v) is 6.04. The molecule has 1 aliphatic carbocycles. The fraction of sp³-hybridized carbons (Fsp3) is 0.800. The minimum Gasteiger partial charge on any atom is -0.314 e. The largest absolute Gasteiger partial charge is 0.314 e. The van der Waals surface area contributed by atoms with E-state index in [1.54, 1.807) is 0 Å². The van der Waals surface area contributed by atoms with Crippen molar-refractivity contribution < 1.29 is 0 Å². The molecule has 1 saturated carbocycles. The molecular weight excluding hydrogens is 236 g/mol. The Morgan fingerprint density at radius 1 is 1.26 bits per heavy atom. The molecule has 0 atom stereocenters. The van der Waals surface area contributed by atoms with Gasteiger partial charge in [0.1, 0.15) is 0 Å². The van der Waals surface area contributed by atoms with E-state index in [1.807, 2.05) is 6.20 Å². The van der Waals surface area contributed by atoms with Crippen molar-refractivity contribution in [3.8, 4) is 0 Å². The second-order valence-electron chi connectivity index (χ2n) is 6.04. The predicted octanol–water partition coefficient (Wildman–Crippen LogP) is 1.87. The van der Waals surface area contributed by atoms with Crippen molar-refractivity contribution in [1.29, 1.82) is 0 Å². The summed E-state index contributed by atoms with van der Waals surface area (Å²) < 4.78 is 2.11. The van der Waals surface area contributed by atoms with Crippen LogP contribution >= 0.6 is 0 Å². The summed E-state index contributed by atoms with van der Waals surface area (Å²) in [5.74, 6) is 0.997. The van der Waals surface area contributed by atoms with Crippen molar-refractivity contribution in [2.75, 3.05) is 19.6 Å². The Kier molecular flexibility index (Phi) is 4.18. The number of nitrogens with zero attached hydrogens (tertiary/aromatic N) is 3. The number of piperidine rings is 1. The summed E-state index contributed by atoms with van der Waals surface area (Å²) in [7, 11) is 0. The van der Waals surface area contributed by atoms with Gasteiger partial charge in [0.15, 0.2) is 0 Å². The van der Waals surface area contributed by atoms with Gasteiger partial charge >= 0.3 is 0 Å². The minimum atomic E-state index is 0.757. The first kappa shape index (κ1) is 13.1. The molecule has 19 heavy (non-hydrogen) atoms. The number of rotatable bonds is 6. The third-order valence-electron chi connectivity index (χ3n) is 4.47. The van der Waals surface area contributed by atoms with Crippen LogP contribution in [0.1, 0.15) is 38.3 Å². The smallest absolute Gasteiger partial charge is 0.0524 e. The molecule has 0 unspecified atom stereocenters. The van der Waals surface area contributed by atoms with E-state index in [0.717, 1.165) is 25.0 Å². The maximum Gasteiger partial charge on any atom is 0.0524 e. The van der Waals surface area contributed by atoms with E-state index in [9.17, 15) is 0 Å². The maximum atomic E-state index is 4.35. The van der Waals surface area contributed by atoms with E-state index in [0.29, 0.717) is 0 Å². The van der Waals surface area contributed by atoms with Gasteiger partial charge in [-0.3, -0.25) is 9.58 Å². The molecule has 0 bridgehead atoms. The molecule has 0 radical (unpaired) electrons. The van der Waals surface area contributed by atoms with Crippen LogP contribution in [-0.2, 0) is 13.1 Å². The molecule has 1 N–H and O–H groups in total. The van der Waals surface area contributed by atoms with E-state index in [-0.39, 0.29) is 0 Å². The molecular formula is C15H26N4. The lowest BCUT2D eigenvalue weighted by atomic mass is 10.0. The molecule has 1 aliphatic heterocycles. The zero-order chi connectivity index (χ0) is 13.1. The van der Waals surface area contributed by atoms with Crippen LogP contribution in [0.25, 0.3) is 0 Å². The van der Waals surface area contributed by atoms with Crippen molar-refractivity contribution in [3.63, 3.8) is 0 Å². The SMILES string of the molecule is CCn1nccc1CN1CCC(NCC2CC2)CC1. The fourth-order valence-corrected chi connectivity index (χ4v) is 2.96. The molecule has 2 aliphatic rings. The Morgan fingerprint density at radius 3 is 2.74 bits per heavy atom. The van der Waals surface area contributed by atoms with Gasteiger partial charge in [-0.1, -0.05) is 0 Å². The molecule has 0 aromatic carbocycles. The summed E-state index contributed by atoms with van der Waals surface area (Å²) >= 11 is 0. The van der Waals surface area contributed by atoms with Gasteiger partial charge in [0.2, 0.25) is 0 Å². The first-order valence-electron chi connectivity index (χ1n) is 7.81. The van der Waals surface area contributed by atoms with Gasteiger partial charge < -0.3 is 5.32 Å². The van der Waals surface area contributed by atoms with Gasteiger partial charge in [0.05, 0.1) is 5.69 Å². The topological polar surface area (TPSA) is 33.1 Å². The standard InChI is InChI=1S/C15H26N4/c1-2-19-15(5-8-17-19)12-18-9-6-14(7-10-18)16-11-13-3-4-13/h5,8,13-14,16H,2-4,6-7,9-12H2,1H3. The zero-order valence-corrected chi connectivity index (χ0v) is 12.0. The van der Waals surface area contributed by atoms with E-state index < -0.39 is 0 Å². The van der Waals surface area contributed by atoms with E-state index in [1.165, 1.54) is 51.0 Å². The molecule has 4 nitrogen and oxygen atoms in total. The monoisotopic (exact) mass is 262 g/mol. The molecule has 4 heteroatoms. The lowest BCUT2D eigenvalue weighted by molar-refractivity contribution is 0.185. The molecule has 0 amide bonds. The van der Waals surface area contributed by atoms with Gasteiger partial charge in [-0.2, -0.15) is 5.10 Å². The number of likely N-dealkylation sites (tertiary alicyclic amines) is 1. The molecule has 1 aromatic heterocycles. The van der Waals surface area contributed by atoms with Gasteiger partial charge in [-0.05, 0) is 51.1 Å². The fourth-order valence-electron chi connectivity index (χ4n) is 2.96. The highest BCUT2D eigenvalue weighted by Crippen LogP contribution is 2.28. The summed E-state index contributed by atoms with van der Waals surface area (Å²) in [5, 5.41) is 8.09. The van der Waals surface area contributed by atoms with Gasteiger partial charge in [-0.15, -0.1) is 0 Å². The first-order valence-corrected chi connectivity index (χ1v) is 7.81. The Morgan fingerprint density at radius 2 is 2.05 bits per heavy atom. The van der Waals surface area contributed by atoms with Crippen LogP contribution in [0.15, 0.2) is 12.3 Å². The molecule has 1 aromatic rings. The second kappa shape index (κ2) is 6.06. The summed E-state index contributed by atoms with van der Waals surface area (Å²) in [6.07, 6.45) is 7.42. The predicted molar refractivity (Wildman–Crippen MR) is 76.9 cm³/mol. The van der Waals surface area contributed by atoms with Crippen LogP contribution in [0.4, 0.5) is 0 Å². The average molecular weight is 262 g/mol. The maximum absolute atomic E-state index is 4.35. The summed E-state index contributed by atoms with van der Waals surface area (Å²) in [5.41, 5.74) is 1.35. The van der Waals surface area contributed by atoms with Crippen LogP contribution in [-0.4, -0.2) is 40.4 Å². The molecule has 0 spiro atoms. The van der Waals surface area contributed by atoms with Gasteiger partial charge in [0.25, 0.3) is 0 Å². The highest BCUT2D eigenvalue weighted by atomic mass is 15.3. The van der Waals surface area contributed by atoms with E-state index >= 15 is 0 Å². The lowest BCUT2D eigenvalue weighted by Gasteiger charge is -2.32. The summed E-state index contributed by atoms with van der Waals surface area (Å²) in [4.78, 5) is 2.57. The third-order valence-corrected chi connectivity index (χ3v) is 4.47. The Balaban J connectivity index is 1.42. The quantitative estimate of drug-likeness (QED) is 0.849. The number of aryl methyl sites for hydroxylation is 1. The molecule has 106 valence electrons. The average Bonchev–Trinajstić information content (AvgIpc) is 3.17. The van der Waals surface area contributed by atoms with Crippen molar-refractivity contribution in [1.82, 2.24) is 20.0 Å². The van der Waals surface area contributed by atoms with Gasteiger partial charge in [-0.25, -0.2) is 0 Å². The Labute approximate surface area is 116 Å². The van der Waals surface area contributed by atoms with E-state index in [4.69, 9.17) is 0 Å². The van der Waals surface area contributed by atoms with Crippen molar-refractivity contribution in [2.24, 2.45) is 5.92 Å². The molecule has 1 saturated heterocycles. The van der Waals surface area contributed by atoms with Crippen molar-refractivity contribution in [3.05, 3.63) is 18.0 Å². The van der Waals surface area contributed by atoms with Crippen molar-refractivity contribution in [2.45, 2.75) is 51.7 Å². The normalized spacial score (nSPS) is 21.9. The van der Waals surface area contributed by atoms with Crippen LogP contribution < -0.4 is 5.32 Å². The van der Waals surface area contributed by atoms with Crippen LogP contribution in [0.5, 0.6) is 0 Å². The minimum absolute atomic E-state index is 0.757. The highest BCUT2D eigenvalue weighted by Gasteiger charge is 2.24. The van der Waals surface area contributed by atoms with Crippen molar-refractivity contribution >= 4 is 0 Å². The van der Waals surface area contributed by atoms with Crippen LogP contribution in [0, 0.1) is 5.92 Å². The third kappa shape index (κ3) is 3.57. The van der Waals surface area contributed by atoms with E-state index in [2.05, 4.69) is 33.0 Å². The highest BCUT2D eigenvalue weighted by molar-refractivity contribution is 5.00. The van der Waals surface area contributed by atoms with Gasteiger partial charge in [0, 0.05) is 38.4 Å². The summed E-state index contributed by atoms with van der Waals surface area (Å²) in [6, 6.07) is 2.91. The zero-order valence-electron chi connectivity index (χ0n) is 12.0.